The molecule has 2 fully saturated rings. The highest BCUT2D eigenvalue weighted by Crippen LogP contribution is 2.28. The summed E-state index contributed by atoms with van der Waals surface area (Å²) >= 11 is 1.38. The van der Waals surface area contributed by atoms with Crippen LogP contribution < -0.4 is 4.72 Å². The average molecular weight is 467 g/mol. The van der Waals surface area contributed by atoms with Gasteiger partial charge < -0.3 is 14.4 Å². The third-order valence-electron chi connectivity index (χ3n) is 6.22. The standard InChI is InChI=1S/C25H27FN4O2S/c26-22-16-19(28-33-23-7-1-4-18-5-2-10-27-24(18)23)8-9-21(22)25(31)30-13-11-29(12-14-30)17-20-6-3-15-32-20/h1-2,4-5,7-10,16,20,28H,3,6,11-15,17H2. The summed E-state index contributed by atoms with van der Waals surface area (Å²) < 4.78 is 23.7. The molecule has 2 saturated heterocycles. The zero-order chi connectivity index (χ0) is 22.6. The number of ether oxygens (including phenoxy) is 1. The average Bonchev–Trinajstić information content (AvgIpc) is 3.36. The van der Waals surface area contributed by atoms with Gasteiger partial charge in [0.05, 0.1) is 22.1 Å². The molecule has 3 aromatic rings. The zero-order valence-electron chi connectivity index (χ0n) is 18.4. The maximum Gasteiger partial charge on any atom is 0.256 e. The Hall–Kier alpha value is -2.68. The molecule has 8 heteroatoms. The molecule has 0 saturated carbocycles. The maximum atomic E-state index is 14.8. The van der Waals surface area contributed by atoms with E-state index in [2.05, 4.69) is 14.6 Å². The molecule has 1 aromatic heterocycles. The van der Waals surface area contributed by atoms with Crippen molar-refractivity contribution in [2.75, 3.05) is 44.1 Å². The summed E-state index contributed by atoms with van der Waals surface area (Å²) in [6.07, 6.45) is 4.31. The molecule has 172 valence electrons. The summed E-state index contributed by atoms with van der Waals surface area (Å²) in [6.45, 7) is 4.57. The predicted molar refractivity (Wildman–Crippen MR) is 129 cm³/mol. The highest BCUT2D eigenvalue weighted by atomic mass is 32.2. The molecule has 0 bridgehead atoms. The smallest absolute Gasteiger partial charge is 0.256 e. The number of para-hydroxylation sites is 1. The number of carbonyl (C=O) groups is 1. The lowest BCUT2D eigenvalue weighted by molar-refractivity contribution is 0.0430. The van der Waals surface area contributed by atoms with Gasteiger partial charge in [0, 0.05) is 56.6 Å². The summed E-state index contributed by atoms with van der Waals surface area (Å²) in [4.78, 5) is 22.4. The second-order valence-corrected chi connectivity index (χ2v) is 9.31. The number of carbonyl (C=O) groups excluding carboxylic acids is 1. The van der Waals surface area contributed by atoms with Crippen LogP contribution in [0.4, 0.5) is 10.1 Å². The van der Waals surface area contributed by atoms with E-state index in [0.717, 1.165) is 54.9 Å². The van der Waals surface area contributed by atoms with Crippen LogP contribution in [-0.2, 0) is 4.74 Å². The van der Waals surface area contributed by atoms with Gasteiger partial charge in [-0.05, 0) is 55.1 Å². The zero-order valence-corrected chi connectivity index (χ0v) is 19.2. The molecule has 6 nitrogen and oxygen atoms in total. The molecular weight excluding hydrogens is 439 g/mol. The number of rotatable bonds is 6. The van der Waals surface area contributed by atoms with Gasteiger partial charge in [-0.3, -0.25) is 14.7 Å². The molecule has 1 N–H and O–H groups in total. The summed E-state index contributed by atoms with van der Waals surface area (Å²) in [7, 11) is 0. The van der Waals surface area contributed by atoms with E-state index in [-0.39, 0.29) is 11.5 Å². The van der Waals surface area contributed by atoms with E-state index in [4.69, 9.17) is 4.74 Å². The van der Waals surface area contributed by atoms with Crippen molar-refractivity contribution in [1.29, 1.82) is 0 Å². The van der Waals surface area contributed by atoms with Gasteiger partial charge in [-0.15, -0.1) is 0 Å². The van der Waals surface area contributed by atoms with Crippen molar-refractivity contribution >= 4 is 34.4 Å². The second-order valence-electron chi connectivity index (χ2n) is 8.46. The summed E-state index contributed by atoms with van der Waals surface area (Å²) in [6, 6.07) is 14.6. The summed E-state index contributed by atoms with van der Waals surface area (Å²) in [5.74, 6) is -0.759. The van der Waals surface area contributed by atoms with Crippen molar-refractivity contribution in [3.05, 3.63) is 66.1 Å². The van der Waals surface area contributed by atoms with Crippen molar-refractivity contribution in [2.45, 2.75) is 23.8 Å². The maximum absolute atomic E-state index is 14.8. The molecule has 1 amide bonds. The van der Waals surface area contributed by atoms with Gasteiger partial charge in [-0.25, -0.2) is 4.39 Å². The lowest BCUT2D eigenvalue weighted by atomic mass is 10.1. The van der Waals surface area contributed by atoms with Crippen LogP contribution in [0.3, 0.4) is 0 Å². The van der Waals surface area contributed by atoms with Crippen molar-refractivity contribution in [3.8, 4) is 0 Å². The number of fused-ring (bicyclic) bond motifs is 1. The highest BCUT2D eigenvalue weighted by molar-refractivity contribution is 8.00. The molecule has 1 atom stereocenters. The Bertz CT molecular complexity index is 1130. The van der Waals surface area contributed by atoms with Gasteiger partial charge in [0.2, 0.25) is 0 Å². The first-order valence-electron chi connectivity index (χ1n) is 11.4. The number of anilines is 1. The minimum Gasteiger partial charge on any atom is -0.377 e. The highest BCUT2D eigenvalue weighted by Gasteiger charge is 2.26. The fraction of sp³-hybridized carbons (Fsp3) is 0.360. The molecule has 5 rings (SSSR count). The number of hydrogen-bond acceptors (Lipinski definition) is 6. The van der Waals surface area contributed by atoms with Gasteiger partial charge in [0.25, 0.3) is 5.91 Å². The third kappa shape index (κ3) is 5.13. The Morgan fingerprint density at radius 3 is 2.79 bits per heavy atom. The molecule has 0 aliphatic carbocycles. The molecule has 33 heavy (non-hydrogen) atoms. The monoisotopic (exact) mass is 466 g/mol. The van der Waals surface area contributed by atoms with Crippen LogP contribution in [-0.4, -0.2) is 66.1 Å². The Morgan fingerprint density at radius 1 is 1.15 bits per heavy atom. The van der Waals surface area contributed by atoms with Crippen LogP contribution in [0.15, 0.2) is 59.6 Å². The minimum absolute atomic E-state index is 0.116. The van der Waals surface area contributed by atoms with Gasteiger partial charge >= 0.3 is 0 Å². The Morgan fingerprint density at radius 2 is 2.00 bits per heavy atom. The van der Waals surface area contributed by atoms with Gasteiger partial charge in [-0.1, -0.05) is 18.2 Å². The number of aromatic nitrogens is 1. The number of pyridine rings is 1. The number of benzene rings is 2. The molecule has 2 aliphatic heterocycles. The van der Waals surface area contributed by atoms with Crippen LogP contribution in [0.5, 0.6) is 0 Å². The SMILES string of the molecule is O=C(c1ccc(NSc2cccc3cccnc23)cc1F)N1CCN(CC2CCCO2)CC1. The first-order valence-corrected chi connectivity index (χ1v) is 12.2. The van der Waals surface area contributed by atoms with Crippen molar-refractivity contribution in [3.63, 3.8) is 0 Å². The molecule has 2 aliphatic rings. The summed E-state index contributed by atoms with van der Waals surface area (Å²) in [5, 5.41) is 1.05. The number of nitrogens with zero attached hydrogens (tertiary/aromatic N) is 3. The van der Waals surface area contributed by atoms with E-state index in [0.29, 0.717) is 24.9 Å². The van der Waals surface area contributed by atoms with Crippen LogP contribution in [0.25, 0.3) is 10.9 Å². The number of hydrogen-bond donors (Lipinski definition) is 1. The van der Waals surface area contributed by atoms with E-state index < -0.39 is 5.82 Å². The lowest BCUT2D eigenvalue weighted by Gasteiger charge is -2.35. The first-order chi connectivity index (χ1) is 16.2. The van der Waals surface area contributed by atoms with Gasteiger partial charge in [0.15, 0.2) is 0 Å². The molecular formula is C25H27FN4O2S. The molecule has 1 unspecified atom stereocenters. The number of nitrogens with one attached hydrogen (secondary N) is 1. The van der Waals surface area contributed by atoms with Crippen LogP contribution in [0.2, 0.25) is 0 Å². The minimum atomic E-state index is -0.511. The Kier molecular flexibility index (Phi) is 6.75. The van der Waals surface area contributed by atoms with Gasteiger partial charge in [0.1, 0.15) is 5.82 Å². The van der Waals surface area contributed by atoms with E-state index in [9.17, 15) is 9.18 Å². The fourth-order valence-corrected chi connectivity index (χ4v) is 5.17. The Balaban J connectivity index is 1.18. The van der Waals surface area contributed by atoms with E-state index >= 15 is 0 Å². The van der Waals surface area contributed by atoms with Crippen molar-refractivity contribution in [2.24, 2.45) is 0 Å². The number of piperazine rings is 1. The molecule has 3 heterocycles. The summed E-state index contributed by atoms with van der Waals surface area (Å²) in [5.41, 5.74) is 1.61. The number of amides is 1. The van der Waals surface area contributed by atoms with Crippen LogP contribution in [0.1, 0.15) is 23.2 Å². The largest absolute Gasteiger partial charge is 0.377 e. The Labute approximate surface area is 197 Å². The fourth-order valence-electron chi connectivity index (χ4n) is 4.40. The third-order valence-corrected chi connectivity index (χ3v) is 7.11. The molecule has 2 aromatic carbocycles. The quantitative estimate of drug-likeness (QED) is 0.543. The molecule has 0 radical (unpaired) electrons. The lowest BCUT2D eigenvalue weighted by Crippen LogP contribution is -2.50. The first kappa shape index (κ1) is 22.1. The van der Waals surface area contributed by atoms with E-state index in [1.807, 2.05) is 30.3 Å². The number of halogens is 1. The topological polar surface area (TPSA) is 57.7 Å². The van der Waals surface area contributed by atoms with E-state index in [1.54, 1.807) is 23.2 Å². The van der Waals surface area contributed by atoms with Crippen LogP contribution >= 0.6 is 11.9 Å². The van der Waals surface area contributed by atoms with Crippen LogP contribution in [0, 0.1) is 5.82 Å². The van der Waals surface area contributed by atoms with Crippen molar-refractivity contribution in [1.82, 2.24) is 14.8 Å². The molecule has 0 spiro atoms. The van der Waals surface area contributed by atoms with Gasteiger partial charge in [-0.2, -0.15) is 0 Å². The predicted octanol–water partition coefficient (Wildman–Crippen LogP) is 4.43. The second kappa shape index (κ2) is 10.1. The normalized spacial score (nSPS) is 19.2. The van der Waals surface area contributed by atoms with Crippen molar-refractivity contribution < 1.29 is 13.9 Å². The van der Waals surface area contributed by atoms with E-state index in [1.165, 1.54) is 18.0 Å².